The van der Waals surface area contributed by atoms with Crippen molar-refractivity contribution in [2.24, 2.45) is 0 Å². The van der Waals surface area contributed by atoms with Gasteiger partial charge in [0.15, 0.2) is 0 Å². The Morgan fingerprint density at radius 3 is 2.25 bits per heavy atom. The Labute approximate surface area is 186 Å². The van der Waals surface area contributed by atoms with Gasteiger partial charge in [-0.1, -0.05) is 0 Å². The number of nitrogens with zero attached hydrogens (tertiary/aromatic N) is 3. The molecule has 9 heteroatoms. The molecule has 2 unspecified atom stereocenters. The summed E-state index contributed by atoms with van der Waals surface area (Å²) in [4.78, 5) is 55.8. The molecule has 32 heavy (non-hydrogen) atoms. The maximum Gasteiger partial charge on any atom is 0.261 e. The van der Waals surface area contributed by atoms with Gasteiger partial charge in [0.05, 0.1) is 23.8 Å². The molecule has 170 valence electrons. The topological polar surface area (TPSA) is 96.5 Å². The van der Waals surface area contributed by atoms with Crippen molar-refractivity contribution in [3.63, 3.8) is 0 Å². The number of carbonyl (C=O) groups excluding carboxylic acids is 4. The number of piperazine rings is 1. The van der Waals surface area contributed by atoms with Gasteiger partial charge >= 0.3 is 0 Å². The van der Waals surface area contributed by atoms with E-state index in [-0.39, 0.29) is 47.9 Å². The highest BCUT2D eigenvalue weighted by Gasteiger charge is 2.38. The van der Waals surface area contributed by atoms with Crippen LogP contribution in [0.5, 0.6) is 0 Å². The molecule has 9 nitrogen and oxygen atoms in total. The summed E-state index contributed by atoms with van der Waals surface area (Å²) in [6.45, 7) is 3.29. The molecule has 0 aromatic heterocycles. The summed E-state index contributed by atoms with van der Waals surface area (Å²) in [5.74, 6) is -0.902. The van der Waals surface area contributed by atoms with Crippen LogP contribution in [0.2, 0.25) is 0 Å². The van der Waals surface area contributed by atoms with Crippen LogP contribution in [-0.2, 0) is 14.3 Å². The third kappa shape index (κ3) is 3.80. The Kier molecular flexibility index (Phi) is 5.69. The summed E-state index contributed by atoms with van der Waals surface area (Å²) in [6, 6.07) is 4.69. The number of hydrogen-bond acceptors (Lipinski definition) is 6. The summed E-state index contributed by atoms with van der Waals surface area (Å²) in [7, 11) is 0. The Bertz CT molecular complexity index is 943. The average Bonchev–Trinajstić information content (AvgIpc) is 3.58. The van der Waals surface area contributed by atoms with Crippen LogP contribution < -0.4 is 0 Å². The van der Waals surface area contributed by atoms with E-state index in [1.165, 1.54) is 11.0 Å². The van der Waals surface area contributed by atoms with E-state index in [1.807, 2.05) is 0 Å². The van der Waals surface area contributed by atoms with E-state index in [9.17, 15) is 19.2 Å². The minimum Gasteiger partial charge on any atom is -0.376 e. The number of hydrogen-bond donors (Lipinski definition) is 0. The molecule has 4 amide bonds. The first-order chi connectivity index (χ1) is 15.5. The summed E-state index contributed by atoms with van der Waals surface area (Å²) < 4.78 is 11.0. The van der Waals surface area contributed by atoms with Gasteiger partial charge in [-0.15, -0.1) is 0 Å². The Morgan fingerprint density at radius 1 is 0.875 bits per heavy atom. The van der Waals surface area contributed by atoms with Crippen molar-refractivity contribution in [3.8, 4) is 0 Å². The van der Waals surface area contributed by atoms with Crippen LogP contribution in [0, 0.1) is 0 Å². The van der Waals surface area contributed by atoms with Crippen molar-refractivity contribution in [1.82, 2.24) is 14.7 Å². The minimum atomic E-state index is -0.373. The number of rotatable bonds is 4. The fourth-order valence-electron chi connectivity index (χ4n) is 4.87. The maximum absolute atomic E-state index is 13.0. The molecule has 0 radical (unpaired) electrons. The van der Waals surface area contributed by atoms with E-state index >= 15 is 0 Å². The quantitative estimate of drug-likeness (QED) is 0.645. The lowest BCUT2D eigenvalue weighted by molar-refractivity contribution is -0.142. The Morgan fingerprint density at radius 2 is 1.56 bits per heavy atom. The lowest BCUT2D eigenvalue weighted by atomic mass is 10.0. The van der Waals surface area contributed by atoms with Crippen LogP contribution in [0.3, 0.4) is 0 Å². The van der Waals surface area contributed by atoms with Crippen LogP contribution in [0.1, 0.15) is 56.8 Å². The van der Waals surface area contributed by atoms with Crippen molar-refractivity contribution in [2.75, 3.05) is 45.9 Å². The molecule has 4 heterocycles. The van der Waals surface area contributed by atoms with Crippen molar-refractivity contribution in [2.45, 2.75) is 37.9 Å². The van der Waals surface area contributed by atoms with Crippen LogP contribution >= 0.6 is 0 Å². The summed E-state index contributed by atoms with van der Waals surface area (Å²) in [5, 5.41) is 0. The SMILES string of the molecule is O=C(c1ccc2c(c1)C(=O)N(CC1CCCO1)C2=O)N1CCN(C(=O)C2CCCO2)CC1. The van der Waals surface area contributed by atoms with Crippen LogP contribution in [0.15, 0.2) is 18.2 Å². The van der Waals surface area contributed by atoms with Gasteiger partial charge in [-0.05, 0) is 43.9 Å². The van der Waals surface area contributed by atoms with Crippen LogP contribution in [-0.4, -0.2) is 96.5 Å². The summed E-state index contributed by atoms with van der Waals surface area (Å²) in [5.41, 5.74) is 0.977. The molecule has 3 saturated heterocycles. The second-order valence-electron chi connectivity index (χ2n) is 8.74. The number of benzene rings is 1. The summed E-state index contributed by atoms with van der Waals surface area (Å²) >= 11 is 0. The first kappa shape index (κ1) is 21.1. The minimum absolute atomic E-state index is 0.00238. The molecule has 0 bridgehead atoms. The highest BCUT2D eigenvalue weighted by atomic mass is 16.5. The molecule has 2 atom stereocenters. The predicted molar refractivity (Wildman–Crippen MR) is 112 cm³/mol. The van der Waals surface area contributed by atoms with E-state index in [0.717, 1.165) is 25.7 Å². The first-order valence-corrected chi connectivity index (χ1v) is 11.3. The molecule has 0 aliphatic carbocycles. The van der Waals surface area contributed by atoms with E-state index in [2.05, 4.69) is 0 Å². The van der Waals surface area contributed by atoms with Crippen molar-refractivity contribution < 1.29 is 28.7 Å². The largest absolute Gasteiger partial charge is 0.376 e. The summed E-state index contributed by atoms with van der Waals surface area (Å²) in [6.07, 6.45) is 2.95. The molecule has 4 aliphatic rings. The number of fused-ring (bicyclic) bond motifs is 1. The van der Waals surface area contributed by atoms with E-state index in [4.69, 9.17) is 9.47 Å². The van der Waals surface area contributed by atoms with Crippen molar-refractivity contribution in [3.05, 3.63) is 34.9 Å². The zero-order valence-corrected chi connectivity index (χ0v) is 18.0. The third-order valence-corrected chi connectivity index (χ3v) is 6.71. The zero-order chi connectivity index (χ0) is 22.2. The molecule has 0 saturated carbocycles. The lowest BCUT2D eigenvalue weighted by Crippen LogP contribution is -2.52. The fourth-order valence-corrected chi connectivity index (χ4v) is 4.87. The molecule has 0 N–H and O–H groups in total. The van der Waals surface area contributed by atoms with Crippen LogP contribution in [0.4, 0.5) is 0 Å². The molecule has 5 rings (SSSR count). The van der Waals surface area contributed by atoms with Gasteiger partial charge in [0.1, 0.15) is 6.10 Å². The van der Waals surface area contributed by atoms with Crippen molar-refractivity contribution in [1.29, 1.82) is 0 Å². The van der Waals surface area contributed by atoms with Crippen molar-refractivity contribution >= 4 is 23.6 Å². The Balaban J connectivity index is 1.23. The molecule has 1 aromatic rings. The Hall–Kier alpha value is -2.78. The standard InChI is InChI=1S/C23H27N3O6/c27-20(24-7-9-25(10-8-24)23(30)19-4-2-12-32-19)15-5-6-17-18(13-15)22(29)26(21(17)28)14-16-3-1-11-31-16/h5-6,13,16,19H,1-4,7-12,14H2. The van der Waals surface area contributed by atoms with Gasteiger partial charge in [-0.3, -0.25) is 24.1 Å². The maximum atomic E-state index is 13.0. The number of carbonyl (C=O) groups is 4. The van der Waals surface area contributed by atoms with Gasteiger partial charge in [0.2, 0.25) is 0 Å². The van der Waals surface area contributed by atoms with Gasteiger partial charge in [-0.2, -0.15) is 0 Å². The second kappa shape index (κ2) is 8.63. The average molecular weight is 441 g/mol. The molecule has 0 spiro atoms. The van der Waals surface area contributed by atoms with E-state index in [1.54, 1.807) is 21.9 Å². The van der Waals surface area contributed by atoms with Gasteiger partial charge in [-0.25, -0.2) is 0 Å². The number of imide groups is 1. The highest BCUT2D eigenvalue weighted by Crippen LogP contribution is 2.27. The highest BCUT2D eigenvalue weighted by molar-refractivity contribution is 6.22. The first-order valence-electron chi connectivity index (χ1n) is 11.3. The second-order valence-corrected chi connectivity index (χ2v) is 8.74. The molecule has 3 fully saturated rings. The fraction of sp³-hybridized carbons (Fsp3) is 0.565. The van der Waals surface area contributed by atoms with Gasteiger partial charge < -0.3 is 19.3 Å². The van der Waals surface area contributed by atoms with Gasteiger partial charge in [0.25, 0.3) is 23.6 Å². The van der Waals surface area contributed by atoms with Gasteiger partial charge in [0, 0.05) is 45.0 Å². The third-order valence-electron chi connectivity index (χ3n) is 6.71. The monoisotopic (exact) mass is 441 g/mol. The molecular formula is C23H27N3O6. The number of ether oxygens (including phenoxy) is 2. The normalized spacial score (nSPS) is 25.6. The number of amides is 4. The van der Waals surface area contributed by atoms with E-state index < -0.39 is 0 Å². The van der Waals surface area contributed by atoms with Crippen LogP contribution in [0.25, 0.3) is 0 Å². The lowest BCUT2D eigenvalue weighted by Gasteiger charge is -2.35. The molecular weight excluding hydrogens is 414 g/mol. The molecule has 1 aromatic carbocycles. The smallest absolute Gasteiger partial charge is 0.261 e. The molecule has 4 aliphatic heterocycles. The zero-order valence-electron chi connectivity index (χ0n) is 18.0. The van der Waals surface area contributed by atoms with E-state index in [0.29, 0.717) is 50.5 Å². The predicted octanol–water partition coefficient (Wildman–Crippen LogP) is 0.925.